The monoisotopic (exact) mass is 211 g/mol. The Morgan fingerprint density at radius 2 is 2.00 bits per heavy atom. The highest BCUT2D eigenvalue weighted by Gasteiger charge is 2.50. The molecule has 0 aromatic rings. The minimum Gasteiger partial charge on any atom is -0.481 e. The van der Waals surface area contributed by atoms with Gasteiger partial charge in [0.25, 0.3) is 0 Å². The summed E-state index contributed by atoms with van der Waals surface area (Å²) in [5.74, 6) is -1.40. The van der Waals surface area contributed by atoms with Gasteiger partial charge in [-0.05, 0) is 32.6 Å². The van der Waals surface area contributed by atoms with Gasteiger partial charge in [0.05, 0.1) is 11.8 Å². The van der Waals surface area contributed by atoms with Crippen molar-refractivity contribution in [2.75, 3.05) is 6.54 Å². The number of carboxylic acids is 1. The van der Waals surface area contributed by atoms with Crippen molar-refractivity contribution in [2.45, 2.75) is 38.6 Å². The van der Waals surface area contributed by atoms with Gasteiger partial charge in [-0.15, -0.1) is 0 Å². The number of rotatable bonds is 2. The Morgan fingerprint density at radius 3 is 2.53 bits per heavy atom. The van der Waals surface area contributed by atoms with E-state index in [1.165, 1.54) is 6.42 Å². The van der Waals surface area contributed by atoms with E-state index in [0.29, 0.717) is 12.5 Å². The quantitative estimate of drug-likeness (QED) is 0.744. The Labute approximate surface area is 89.3 Å². The maximum Gasteiger partial charge on any atom is 0.307 e. The van der Waals surface area contributed by atoms with Crippen molar-refractivity contribution < 1.29 is 14.7 Å². The molecule has 1 saturated heterocycles. The second-order valence-electron chi connectivity index (χ2n) is 4.66. The molecule has 4 heteroatoms. The maximum atomic E-state index is 11.9. The van der Waals surface area contributed by atoms with Crippen molar-refractivity contribution in [3.63, 3.8) is 0 Å². The first kappa shape index (κ1) is 10.5. The van der Waals surface area contributed by atoms with Crippen LogP contribution in [0.15, 0.2) is 0 Å². The molecular formula is C11H17NO3. The largest absolute Gasteiger partial charge is 0.481 e. The number of amides is 1. The van der Waals surface area contributed by atoms with E-state index >= 15 is 0 Å². The standard InChI is InChI=1S/C11H17NO3/c1-7-4-2-3-5-12(7)10(13)8-6-9(8)11(14)15/h7-9H,2-6H2,1H3,(H,14,15). The van der Waals surface area contributed by atoms with Gasteiger partial charge < -0.3 is 10.0 Å². The molecule has 2 fully saturated rings. The van der Waals surface area contributed by atoms with Gasteiger partial charge in [-0.1, -0.05) is 0 Å². The molecule has 15 heavy (non-hydrogen) atoms. The zero-order valence-corrected chi connectivity index (χ0v) is 8.98. The number of piperidine rings is 1. The molecule has 0 aromatic carbocycles. The molecule has 4 nitrogen and oxygen atoms in total. The fourth-order valence-corrected chi connectivity index (χ4v) is 2.38. The molecule has 1 aliphatic heterocycles. The number of hydrogen-bond donors (Lipinski definition) is 1. The van der Waals surface area contributed by atoms with Crippen LogP contribution in [0.5, 0.6) is 0 Å². The summed E-state index contributed by atoms with van der Waals surface area (Å²) in [5.41, 5.74) is 0. The van der Waals surface area contributed by atoms with Crippen LogP contribution in [-0.2, 0) is 9.59 Å². The van der Waals surface area contributed by atoms with Gasteiger partial charge in [-0.2, -0.15) is 0 Å². The summed E-state index contributed by atoms with van der Waals surface area (Å²) < 4.78 is 0. The first-order valence-corrected chi connectivity index (χ1v) is 5.64. The van der Waals surface area contributed by atoms with Crippen LogP contribution in [0, 0.1) is 11.8 Å². The molecular weight excluding hydrogens is 194 g/mol. The molecule has 0 spiro atoms. The second-order valence-corrected chi connectivity index (χ2v) is 4.66. The van der Waals surface area contributed by atoms with Gasteiger partial charge in [0, 0.05) is 12.6 Å². The van der Waals surface area contributed by atoms with Crippen LogP contribution >= 0.6 is 0 Å². The third-order valence-corrected chi connectivity index (χ3v) is 3.51. The number of hydrogen-bond acceptors (Lipinski definition) is 2. The molecule has 1 saturated carbocycles. The summed E-state index contributed by atoms with van der Waals surface area (Å²) in [6, 6.07) is 0.293. The van der Waals surface area contributed by atoms with Gasteiger partial charge in [0.2, 0.25) is 5.91 Å². The molecule has 3 atom stereocenters. The average Bonchev–Trinajstić information content (AvgIpc) is 2.97. The van der Waals surface area contributed by atoms with E-state index in [9.17, 15) is 9.59 Å². The highest BCUT2D eigenvalue weighted by atomic mass is 16.4. The molecule has 84 valence electrons. The van der Waals surface area contributed by atoms with Gasteiger partial charge in [-0.25, -0.2) is 0 Å². The van der Waals surface area contributed by atoms with E-state index in [1.54, 1.807) is 0 Å². The van der Waals surface area contributed by atoms with Gasteiger partial charge in [0.1, 0.15) is 0 Å². The number of aliphatic carboxylic acids is 1. The van der Waals surface area contributed by atoms with Crippen molar-refractivity contribution >= 4 is 11.9 Å². The third-order valence-electron chi connectivity index (χ3n) is 3.51. The predicted octanol–water partition coefficient (Wildman–Crippen LogP) is 1.11. The Balaban J connectivity index is 1.94. The SMILES string of the molecule is CC1CCCCN1C(=O)C1CC1C(=O)O. The zero-order chi connectivity index (χ0) is 11.0. The Bertz CT molecular complexity index is 290. The lowest BCUT2D eigenvalue weighted by Crippen LogP contribution is -2.43. The van der Waals surface area contributed by atoms with Crippen LogP contribution in [0.3, 0.4) is 0 Å². The smallest absolute Gasteiger partial charge is 0.307 e. The topological polar surface area (TPSA) is 57.6 Å². The summed E-state index contributed by atoms with van der Waals surface area (Å²) in [6.45, 7) is 2.86. The Morgan fingerprint density at radius 1 is 1.27 bits per heavy atom. The predicted molar refractivity (Wildman–Crippen MR) is 54.3 cm³/mol. The molecule has 0 bridgehead atoms. The molecule has 0 aromatic heterocycles. The lowest BCUT2D eigenvalue weighted by atomic mass is 10.0. The van der Waals surface area contributed by atoms with Crippen LogP contribution in [0.1, 0.15) is 32.6 Å². The first-order chi connectivity index (χ1) is 7.11. The molecule has 2 aliphatic rings. The maximum absolute atomic E-state index is 11.9. The van der Waals surface area contributed by atoms with Crippen molar-refractivity contribution in [1.29, 1.82) is 0 Å². The summed E-state index contributed by atoms with van der Waals surface area (Å²) in [7, 11) is 0. The van der Waals surface area contributed by atoms with Crippen LogP contribution in [0.25, 0.3) is 0 Å². The van der Waals surface area contributed by atoms with Crippen LogP contribution < -0.4 is 0 Å². The Kier molecular flexibility index (Phi) is 2.67. The lowest BCUT2D eigenvalue weighted by Gasteiger charge is -2.33. The van der Waals surface area contributed by atoms with E-state index in [1.807, 2.05) is 4.90 Å². The van der Waals surface area contributed by atoms with E-state index in [0.717, 1.165) is 19.4 Å². The van der Waals surface area contributed by atoms with Gasteiger partial charge >= 0.3 is 5.97 Å². The fraction of sp³-hybridized carbons (Fsp3) is 0.818. The minimum atomic E-state index is -0.821. The summed E-state index contributed by atoms with van der Waals surface area (Å²) >= 11 is 0. The van der Waals surface area contributed by atoms with Crippen molar-refractivity contribution in [3.8, 4) is 0 Å². The normalized spacial score (nSPS) is 35.0. The van der Waals surface area contributed by atoms with E-state index < -0.39 is 11.9 Å². The number of carbonyl (C=O) groups is 2. The third kappa shape index (κ3) is 1.98. The highest BCUT2D eigenvalue weighted by molar-refractivity contribution is 5.89. The van der Waals surface area contributed by atoms with Crippen LogP contribution in [0.4, 0.5) is 0 Å². The summed E-state index contributed by atoms with van der Waals surface area (Å²) in [4.78, 5) is 24.5. The van der Waals surface area contributed by atoms with Crippen molar-refractivity contribution in [3.05, 3.63) is 0 Å². The molecule has 0 radical (unpaired) electrons. The summed E-state index contributed by atoms with van der Waals surface area (Å²) in [6.07, 6.45) is 3.83. The van der Waals surface area contributed by atoms with Crippen LogP contribution in [0.2, 0.25) is 0 Å². The minimum absolute atomic E-state index is 0.0644. The second kappa shape index (κ2) is 3.83. The van der Waals surface area contributed by atoms with Crippen molar-refractivity contribution in [1.82, 2.24) is 4.90 Å². The van der Waals surface area contributed by atoms with Crippen LogP contribution in [-0.4, -0.2) is 34.5 Å². The summed E-state index contributed by atoms with van der Waals surface area (Å²) in [5, 5.41) is 8.77. The lowest BCUT2D eigenvalue weighted by molar-refractivity contribution is -0.143. The van der Waals surface area contributed by atoms with E-state index in [4.69, 9.17) is 5.11 Å². The molecule has 1 N–H and O–H groups in total. The number of carbonyl (C=O) groups excluding carboxylic acids is 1. The zero-order valence-electron chi connectivity index (χ0n) is 8.98. The number of likely N-dealkylation sites (tertiary alicyclic amines) is 1. The molecule has 1 amide bonds. The van der Waals surface area contributed by atoms with Gasteiger partial charge in [-0.3, -0.25) is 9.59 Å². The van der Waals surface area contributed by atoms with E-state index in [-0.39, 0.29) is 11.8 Å². The van der Waals surface area contributed by atoms with Gasteiger partial charge in [0.15, 0.2) is 0 Å². The average molecular weight is 211 g/mol. The number of nitrogens with zero attached hydrogens (tertiary/aromatic N) is 1. The molecule has 1 aliphatic carbocycles. The van der Waals surface area contributed by atoms with Crippen molar-refractivity contribution in [2.24, 2.45) is 11.8 Å². The fourth-order valence-electron chi connectivity index (χ4n) is 2.38. The number of carboxylic acid groups (broad SMARTS) is 1. The molecule has 3 unspecified atom stereocenters. The Hall–Kier alpha value is -1.06. The van der Waals surface area contributed by atoms with E-state index in [2.05, 4.69) is 6.92 Å². The molecule has 2 rings (SSSR count). The highest BCUT2D eigenvalue weighted by Crippen LogP contribution is 2.41. The molecule has 1 heterocycles. The first-order valence-electron chi connectivity index (χ1n) is 5.64.